The predicted octanol–water partition coefficient (Wildman–Crippen LogP) is 5.65. The molecule has 6 heteroatoms. The number of aromatic nitrogens is 1. The number of hydrogen-bond donors (Lipinski definition) is 1. The number of benzene rings is 1. The van der Waals surface area contributed by atoms with Gasteiger partial charge in [-0.1, -0.05) is 25.1 Å². The first-order valence-electron chi connectivity index (χ1n) is 8.51. The minimum Gasteiger partial charge on any atom is -0.351 e. The highest BCUT2D eigenvalue weighted by Gasteiger charge is 2.41. The summed E-state index contributed by atoms with van der Waals surface area (Å²) < 4.78 is 1.09. The van der Waals surface area contributed by atoms with Crippen LogP contribution in [0, 0.1) is 0 Å². The Morgan fingerprint density at radius 2 is 2.04 bits per heavy atom. The highest BCUT2D eigenvalue weighted by molar-refractivity contribution is 9.10. The van der Waals surface area contributed by atoms with Gasteiger partial charge in [0.2, 0.25) is 0 Å². The van der Waals surface area contributed by atoms with E-state index in [1.54, 1.807) is 11.3 Å². The molecule has 1 aliphatic rings. The Kier molecular flexibility index (Phi) is 5.07. The second-order valence-electron chi connectivity index (χ2n) is 6.18. The van der Waals surface area contributed by atoms with Gasteiger partial charge in [-0.3, -0.25) is 4.98 Å². The van der Waals surface area contributed by atoms with Gasteiger partial charge in [-0.05, 0) is 70.5 Å². The molecule has 0 amide bonds. The fourth-order valence-corrected chi connectivity index (χ4v) is 5.21. The van der Waals surface area contributed by atoms with Crippen molar-refractivity contribution in [2.45, 2.75) is 25.4 Å². The predicted molar refractivity (Wildman–Crippen MR) is 116 cm³/mol. The molecule has 0 saturated carbocycles. The van der Waals surface area contributed by atoms with Crippen LogP contribution in [0.2, 0.25) is 0 Å². The molecule has 132 valence electrons. The molecule has 0 bridgehead atoms. The maximum Gasteiger partial charge on any atom is 0.174 e. The maximum atomic E-state index is 5.72. The number of thiophene rings is 1. The topological polar surface area (TPSA) is 28.2 Å². The minimum atomic E-state index is 0.0140. The normalized spacial score (nSPS) is 19.6. The van der Waals surface area contributed by atoms with Crippen LogP contribution >= 0.6 is 39.5 Å². The van der Waals surface area contributed by atoms with Crippen LogP contribution in [0.1, 0.15) is 35.1 Å². The molecule has 2 atom stereocenters. The number of thiocarbonyl (C=S) groups is 1. The number of anilines is 1. The molecule has 3 nitrogen and oxygen atoms in total. The summed E-state index contributed by atoms with van der Waals surface area (Å²) in [6, 6.07) is 16.9. The first kappa shape index (κ1) is 17.6. The van der Waals surface area contributed by atoms with E-state index in [9.17, 15) is 0 Å². The number of nitrogens with zero attached hydrogens (tertiary/aromatic N) is 2. The van der Waals surface area contributed by atoms with Crippen LogP contribution in [0.25, 0.3) is 0 Å². The van der Waals surface area contributed by atoms with E-state index in [4.69, 9.17) is 12.2 Å². The van der Waals surface area contributed by atoms with Crippen molar-refractivity contribution in [2.75, 3.05) is 4.90 Å². The van der Waals surface area contributed by atoms with Gasteiger partial charge in [-0.15, -0.1) is 11.3 Å². The summed E-state index contributed by atoms with van der Waals surface area (Å²) in [5, 5.41) is 6.34. The average Bonchev–Trinajstić information content (AvgIpc) is 3.25. The van der Waals surface area contributed by atoms with E-state index in [1.165, 1.54) is 10.4 Å². The second-order valence-corrected chi connectivity index (χ2v) is 8.43. The van der Waals surface area contributed by atoms with Crippen LogP contribution in [0.5, 0.6) is 0 Å². The molecule has 2 aromatic heterocycles. The molecule has 0 aliphatic carbocycles. The van der Waals surface area contributed by atoms with Gasteiger partial charge >= 0.3 is 0 Å². The first-order chi connectivity index (χ1) is 12.7. The van der Waals surface area contributed by atoms with E-state index in [0.717, 1.165) is 27.4 Å². The van der Waals surface area contributed by atoms with Crippen molar-refractivity contribution >= 4 is 50.3 Å². The quantitative estimate of drug-likeness (QED) is 0.527. The molecule has 26 heavy (non-hydrogen) atoms. The Balaban J connectivity index is 1.79. The van der Waals surface area contributed by atoms with Gasteiger partial charge in [-0.25, -0.2) is 0 Å². The minimum absolute atomic E-state index is 0.0140. The molecule has 1 saturated heterocycles. The van der Waals surface area contributed by atoms with Gasteiger partial charge in [0.25, 0.3) is 0 Å². The molecule has 3 aromatic rings. The fourth-order valence-electron chi connectivity index (χ4n) is 3.30. The summed E-state index contributed by atoms with van der Waals surface area (Å²) in [6.07, 6.45) is 2.86. The van der Waals surface area contributed by atoms with Gasteiger partial charge in [0.15, 0.2) is 5.11 Å². The Hall–Kier alpha value is -1.76. The van der Waals surface area contributed by atoms with E-state index in [2.05, 4.69) is 79.8 Å². The van der Waals surface area contributed by atoms with Crippen molar-refractivity contribution in [1.29, 1.82) is 0 Å². The van der Waals surface area contributed by atoms with Crippen molar-refractivity contribution in [1.82, 2.24) is 10.3 Å². The van der Waals surface area contributed by atoms with E-state index in [0.29, 0.717) is 0 Å². The standard InChI is InChI=1S/C20H18BrN3S2/c1-2-13-6-8-15(9-7-13)24-19(17-11-14(21)12-26-17)18(23-20(24)25)16-5-3-4-10-22-16/h3-12,18-19H,2H2,1H3,(H,23,25)/t18-,19+/m0/s1. The second kappa shape index (κ2) is 7.47. The Morgan fingerprint density at radius 3 is 2.65 bits per heavy atom. The zero-order chi connectivity index (χ0) is 18.1. The molecular weight excluding hydrogens is 426 g/mol. The third kappa shape index (κ3) is 3.29. The first-order valence-corrected chi connectivity index (χ1v) is 10.6. The van der Waals surface area contributed by atoms with Crippen molar-refractivity contribution < 1.29 is 0 Å². The molecule has 0 spiro atoms. The van der Waals surface area contributed by atoms with Gasteiger partial charge < -0.3 is 10.2 Å². The Labute approximate surface area is 171 Å². The molecular formula is C20H18BrN3S2. The molecule has 0 unspecified atom stereocenters. The fraction of sp³-hybridized carbons (Fsp3) is 0.200. The largest absolute Gasteiger partial charge is 0.351 e. The number of pyridine rings is 1. The average molecular weight is 444 g/mol. The van der Waals surface area contributed by atoms with Crippen molar-refractivity contribution in [3.63, 3.8) is 0 Å². The third-order valence-electron chi connectivity index (χ3n) is 4.60. The monoisotopic (exact) mass is 443 g/mol. The van der Waals surface area contributed by atoms with Crippen molar-refractivity contribution in [2.24, 2.45) is 0 Å². The Bertz CT molecular complexity index is 908. The number of nitrogens with one attached hydrogen (secondary N) is 1. The lowest BCUT2D eigenvalue weighted by molar-refractivity contribution is 0.575. The van der Waals surface area contributed by atoms with Crippen LogP contribution in [-0.4, -0.2) is 10.1 Å². The molecule has 3 heterocycles. The summed E-state index contributed by atoms with van der Waals surface area (Å²) in [4.78, 5) is 8.04. The van der Waals surface area contributed by atoms with Crippen molar-refractivity contribution in [3.05, 3.63) is 80.7 Å². The highest BCUT2D eigenvalue weighted by Crippen LogP contribution is 2.44. The molecule has 4 rings (SSSR count). The third-order valence-corrected chi connectivity index (χ3v) is 6.68. The van der Waals surface area contributed by atoms with Crippen LogP contribution in [0.15, 0.2) is 64.6 Å². The van der Waals surface area contributed by atoms with E-state index in [-0.39, 0.29) is 12.1 Å². The molecule has 1 aliphatic heterocycles. The lowest BCUT2D eigenvalue weighted by Gasteiger charge is -2.27. The van der Waals surface area contributed by atoms with Crippen LogP contribution in [0.3, 0.4) is 0 Å². The van der Waals surface area contributed by atoms with E-state index < -0.39 is 0 Å². The Morgan fingerprint density at radius 1 is 1.23 bits per heavy atom. The summed E-state index contributed by atoms with van der Waals surface area (Å²) in [7, 11) is 0. The molecule has 1 aromatic carbocycles. The van der Waals surface area contributed by atoms with Gasteiger partial charge in [-0.2, -0.15) is 0 Å². The molecule has 1 N–H and O–H groups in total. The zero-order valence-electron chi connectivity index (χ0n) is 14.2. The molecule has 1 fully saturated rings. The highest BCUT2D eigenvalue weighted by atomic mass is 79.9. The summed E-state index contributed by atoms with van der Waals surface area (Å²) in [6.45, 7) is 2.17. The number of hydrogen-bond acceptors (Lipinski definition) is 3. The van der Waals surface area contributed by atoms with Gasteiger partial charge in [0.1, 0.15) is 0 Å². The number of aryl methyl sites for hydroxylation is 1. The summed E-state index contributed by atoms with van der Waals surface area (Å²) in [5.41, 5.74) is 3.42. The summed E-state index contributed by atoms with van der Waals surface area (Å²) in [5.74, 6) is 0. The summed E-state index contributed by atoms with van der Waals surface area (Å²) >= 11 is 11.1. The van der Waals surface area contributed by atoms with Crippen LogP contribution < -0.4 is 10.2 Å². The lowest BCUT2D eigenvalue weighted by Crippen LogP contribution is -2.29. The number of rotatable bonds is 4. The van der Waals surface area contributed by atoms with Crippen LogP contribution in [0.4, 0.5) is 5.69 Å². The lowest BCUT2D eigenvalue weighted by atomic mass is 10.0. The molecule has 0 radical (unpaired) electrons. The zero-order valence-corrected chi connectivity index (χ0v) is 17.4. The number of halogens is 1. The van der Waals surface area contributed by atoms with Gasteiger partial charge in [0.05, 0.1) is 17.8 Å². The van der Waals surface area contributed by atoms with E-state index in [1.807, 2.05) is 18.3 Å². The van der Waals surface area contributed by atoms with Gasteiger partial charge in [0, 0.05) is 26.6 Å². The maximum absolute atomic E-state index is 5.72. The van der Waals surface area contributed by atoms with E-state index >= 15 is 0 Å². The smallest absolute Gasteiger partial charge is 0.174 e. The van der Waals surface area contributed by atoms with Crippen molar-refractivity contribution in [3.8, 4) is 0 Å². The SMILES string of the molecule is CCc1ccc(N2C(=S)N[C@@H](c3ccccn3)[C@H]2c2cc(Br)cs2)cc1. The van der Waals surface area contributed by atoms with Crippen LogP contribution in [-0.2, 0) is 6.42 Å².